The predicted molar refractivity (Wildman–Crippen MR) is 216 cm³/mol. The number of nitrogens with zero attached hydrogens (tertiary/aromatic N) is 5. The van der Waals surface area contributed by atoms with Crippen molar-refractivity contribution in [3.63, 3.8) is 0 Å². The Labute approximate surface area is 335 Å². The van der Waals surface area contributed by atoms with Gasteiger partial charge >= 0.3 is 20.1 Å². The van der Waals surface area contributed by atoms with Gasteiger partial charge in [-0.2, -0.15) is 0 Å². The summed E-state index contributed by atoms with van der Waals surface area (Å²) in [5.41, 5.74) is 12.6. The molecule has 55 heavy (non-hydrogen) atoms. The molecular weight excluding hydrogens is 855 g/mol. The number of hydrogen-bond donors (Lipinski definition) is 0. The number of rotatable bonds is 9. The van der Waals surface area contributed by atoms with Crippen LogP contribution in [0.3, 0.4) is 0 Å². The first-order chi connectivity index (χ1) is 26.6. The van der Waals surface area contributed by atoms with E-state index >= 15 is 0 Å². The number of hydrogen-bond acceptors (Lipinski definition) is 5. The van der Waals surface area contributed by atoms with Crippen LogP contribution in [-0.4, -0.2) is 24.5 Å². The Balaban J connectivity index is 0.000000188. The van der Waals surface area contributed by atoms with Crippen molar-refractivity contribution < 1.29 is 24.5 Å². The number of pyridine rings is 3. The maximum atomic E-state index is 5.95. The summed E-state index contributed by atoms with van der Waals surface area (Å²) in [6.07, 6.45) is 11.5. The molecule has 5 aromatic heterocycles. The van der Waals surface area contributed by atoms with Gasteiger partial charge in [-0.05, 0) is 72.5 Å². The van der Waals surface area contributed by atoms with Crippen LogP contribution in [0, 0.1) is 25.1 Å². The maximum Gasteiger partial charge on any atom is 3.00 e. The first kappa shape index (κ1) is 37.3. The molecule has 0 N–H and O–H groups in total. The predicted octanol–water partition coefficient (Wildman–Crippen LogP) is 10.5. The number of fused-ring (bicyclic) bond motifs is 3. The molecule has 5 heterocycles. The minimum Gasteiger partial charge on any atom is -0.486 e. The standard InChI is InChI=1S/C32H26N2.C16H12N3O.Ir/c1-2-9-29(10-3-1)32-21-18-28(24-34-32)15-14-27-8-6-7-26(23-27)13-12-25-16-19-30(20-17-25)31-11-4-5-22-33-31;1-10-6-7-12-11-4-3-5-13(14(11)20-16(12)18-10)15-17-8-9-19(15)2;/h1-9,11,16-19,21-24H,12-15H2;3-4,6-9H,1-2H3;/q-2;-1;+3. The Kier molecular flexibility index (Phi) is 11.8. The van der Waals surface area contributed by atoms with Crippen LogP contribution in [0.15, 0.2) is 151 Å². The number of aromatic nitrogens is 5. The molecule has 6 nitrogen and oxygen atoms in total. The van der Waals surface area contributed by atoms with Gasteiger partial charge in [-0.1, -0.05) is 65.9 Å². The fourth-order valence-electron chi connectivity index (χ4n) is 6.58. The van der Waals surface area contributed by atoms with Crippen molar-refractivity contribution in [1.29, 1.82) is 0 Å². The van der Waals surface area contributed by atoms with Crippen LogP contribution in [0.25, 0.3) is 56.0 Å². The van der Waals surface area contributed by atoms with Crippen LogP contribution in [0.5, 0.6) is 0 Å². The first-order valence-corrected chi connectivity index (χ1v) is 18.2. The molecule has 0 saturated carbocycles. The average molecular weight is 893 g/mol. The molecule has 0 aliphatic heterocycles. The monoisotopic (exact) mass is 893 g/mol. The van der Waals surface area contributed by atoms with Crippen LogP contribution in [0.2, 0.25) is 0 Å². The third kappa shape index (κ3) is 8.87. The molecule has 0 radical (unpaired) electrons. The van der Waals surface area contributed by atoms with Crippen molar-refractivity contribution in [3.8, 4) is 33.9 Å². The molecule has 0 atom stereocenters. The van der Waals surface area contributed by atoms with Gasteiger partial charge < -0.3 is 19.0 Å². The molecule has 270 valence electrons. The summed E-state index contributed by atoms with van der Waals surface area (Å²) < 4.78 is 7.90. The third-order valence-electron chi connectivity index (χ3n) is 9.51. The van der Waals surface area contributed by atoms with Crippen molar-refractivity contribution in [2.24, 2.45) is 7.05 Å². The molecule has 0 aliphatic carbocycles. The summed E-state index contributed by atoms with van der Waals surface area (Å²) in [5.74, 6) is 0.839. The van der Waals surface area contributed by atoms with Gasteiger partial charge in [-0.15, -0.1) is 89.5 Å². The third-order valence-corrected chi connectivity index (χ3v) is 9.51. The Morgan fingerprint density at radius 3 is 2.11 bits per heavy atom. The largest absolute Gasteiger partial charge is 3.00 e. The fraction of sp³-hybridized carbons (Fsp3) is 0.125. The average Bonchev–Trinajstić information content (AvgIpc) is 3.83. The molecule has 0 aliphatic rings. The molecule has 0 fully saturated rings. The molecule has 0 amide bonds. The van der Waals surface area contributed by atoms with Crippen molar-refractivity contribution in [2.45, 2.75) is 32.6 Å². The zero-order chi connectivity index (χ0) is 36.7. The number of imidazole rings is 1. The summed E-state index contributed by atoms with van der Waals surface area (Å²) in [6.45, 7) is 1.96. The van der Waals surface area contributed by atoms with Gasteiger partial charge in [-0.25, -0.2) is 4.98 Å². The van der Waals surface area contributed by atoms with Crippen LogP contribution >= 0.6 is 0 Å². The molecule has 4 aromatic carbocycles. The van der Waals surface area contributed by atoms with Crippen LogP contribution < -0.4 is 0 Å². The summed E-state index contributed by atoms with van der Waals surface area (Å²) in [5, 5.41) is 2.07. The number of furan rings is 1. The minimum absolute atomic E-state index is 0. The topological polar surface area (TPSA) is 69.6 Å². The smallest absolute Gasteiger partial charge is 0.486 e. The van der Waals surface area contributed by atoms with Crippen molar-refractivity contribution in [3.05, 3.63) is 192 Å². The molecule has 0 saturated heterocycles. The molecular formula is C48H38IrN5O. The van der Waals surface area contributed by atoms with E-state index < -0.39 is 0 Å². The van der Waals surface area contributed by atoms with Crippen molar-refractivity contribution in [2.75, 3.05) is 0 Å². The zero-order valence-corrected chi connectivity index (χ0v) is 33.1. The van der Waals surface area contributed by atoms with E-state index in [-0.39, 0.29) is 20.1 Å². The van der Waals surface area contributed by atoms with E-state index in [4.69, 9.17) is 4.42 Å². The normalized spacial score (nSPS) is 10.9. The molecule has 9 aromatic rings. The Morgan fingerprint density at radius 1 is 0.618 bits per heavy atom. The summed E-state index contributed by atoms with van der Waals surface area (Å²) in [6, 6.07) is 51.3. The summed E-state index contributed by atoms with van der Waals surface area (Å²) in [4.78, 5) is 17.9. The van der Waals surface area contributed by atoms with E-state index in [0.29, 0.717) is 5.71 Å². The van der Waals surface area contributed by atoms with Gasteiger partial charge in [0.25, 0.3) is 0 Å². The van der Waals surface area contributed by atoms with Gasteiger partial charge in [0.15, 0.2) is 0 Å². The summed E-state index contributed by atoms with van der Waals surface area (Å²) in [7, 11) is 1.96. The molecule has 7 heteroatoms. The first-order valence-electron chi connectivity index (χ1n) is 18.2. The van der Waals surface area contributed by atoms with Crippen molar-refractivity contribution >= 4 is 22.1 Å². The van der Waals surface area contributed by atoms with E-state index in [1.165, 1.54) is 22.3 Å². The van der Waals surface area contributed by atoms with Gasteiger partial charge in [0, 0.05) is 42.9 Å². The quantitative estimate of drug-likeness (QED) is 0.135. The van der Waals surface area contributed by atoms with Crippen LogP contribution in [-0.2, 0) is 52.8 Å². The van der Waals surface area contributed by atoms with Crippen LogP contribution in [0.1, 0.15) is 27.9 Å². The Hall–Kier alpha value is -6.01. The second kappa shape index (κ2) is 17.4. The Bertz CT molecular complexity index is 2510. The SMILES string of the molecule is Cc1ccc2c(n1)oc1c(-c3nccn3C)[c-]ccc12.[Ir+3].[c-]1cc(CCc2cccc(CCc3ccc(-c4[c-]cccc4)nc3)c2)ccc1-c1ccccn1. The number of aryl methyl sites for hydroxylation is 6. The second-order valence-electron chi connectivity index (χ2n) is 13.3. The second-order valence-corrected chi connectivity index (χ2v) is 13.3. The van der Waals surface area contributed by atoms with E-state index in [0.717, 1.165) is 81.6 Å². The molecule has 0 spiro atoms. The minimum atomic E-state index is 0. The van der Waals surface area contributed by atoms with Gasteiger partial charge in [-0.3, -0.25) is 4.98 Å². The summed E-state index contributed by atoms with van der Waals surface area (Å²) >= 11 is 0. The number of benzene rings is 4. The molecule has 0 unspecified atom stereocenters. The van der Waals surface area contributed by atoms with Gasteiger partial charge in [0.05, 0.1) is 11.4 Å². The fourth-order valence-corrected chi connectivity index (χ4v) is 6.58. The molecule has 0 bridgehead atoms. The van der Waals surface area contributed by atoms with Gasteiger partial charge in [0.1, 0.15) is 0 Å². The maximum absolute atomic E-state index is 5.95. The van der Waals surface area contributed by atoms with E-state index in [9.17, 15) is 0 Å². The van der Waals surface area contributed by atoms with Crippen molar-refractivity contribution in [1.82, 2.24) is 24.5 Å². The van der Waals surface area contributed by atoms with E-state index in [2.05, 4.69) is 92.7 Å². The zero-order valence-electron chi connectivity index (χ0n) is 30.7. The molecule has 9 rings (SSSR count). The van der Waals surface area contributed by atoms with E-state index in [1.54, 1.807) is 6.20 Å². The van der Waals surface area contributed by atoms with Crippen LogP contribution in [0.4, 0.5) is 0 Å². The van der Waals surface area contributed by atoms with E-state index in [1.807, 2.05) is 104 Å². The Morgan fingerprint density at radius 2 is 1.40 bits per heavy atom. The van der Waals surface area contributed by atoms with Gasteiger partial charge in [0.2, 0.25) is 5.71 Å².